The van der Waals surface area contributed by atoms with Crippen LogP contribution >= 0.6 is 0 Å². The molecule has 1 aliphatic heterocycles. The van der Waals surface area contributed by atoms with Crippen molar-refractivity contribution in [3.63, 3.8) is 0 Å². The highest BCUT2D eigenvalue weighted by Crippen LogP contribution is 2.18. The van der Waals surface area contributed by atoms with E-state index in [1.165, 1.54) is 12.3 Å². The number of nitrogen functional groups attached to an aromatic ring is 1. The molecule has 8 heteroatoms. The van der Waals surface area contributed by atoms with Crippen LogP contribution in [0.2, 0.25) is 0 Å². The third-order valence-corrected chi connectivity index (χ3v) is 4.37. The van der Waals surface area contributed by atoms with Gasteiger partial charge in [-0.25, -0.2) is 4.98 Å². The van der Waals surface area contributed by atoms with Crippen LogP contribution in [0, 0.1) is 0 Å². The Balaban J connectivity index is 1.59. The van der Waals surface area contributed by atoms with Crippen molar-refractivity contribution >= 4 is 23.3 Å². The molecule has 3 rings (SSSR count). The lowest BCUT2D eigenvalue weighted by atomic mass is 10.1. The molecule has 0 aliphatic carbocycles. The molecule has 1 saturated heterocycles. The smallest absolute Gasteiger partial charge is 0.270 e. The topological polar surface area (TPSA) is 130 Å². The molecule has 0 bridgehead atoms. The Labute approximate surface area is 145 Å². The maximum absolute atomic E-state index is 12.6. The van der Waals surface area contributed by atoms with Gasteiger partial charge in [-0.05, 0) is 37.5 Å². The van der Waals surface area contributed by atoms with Gasteiger partial charge in [0.2, 0.25) is 5.91 Å². The molecule has 1 unspecified atom stereocenters. The summed E-state index contributed by atoms with van der Waals surface area (Å²) in [6.45, 7) is 1.33. The summed E-state index contributed by atoms with van der Waals surface area (Å²) in [5, 5.41) is 3.44. The monoisotopic (exact) mass is 342 g/mol. The zero-order valence-electron chi connectivity index (χ0n) is 13.9. The van der Waals surface area contributed by atoms with E-state index in [0.717, 1.165) is 24.9 Å². The van der Waals surface area contributed by atoms with Crippen LogP contribution in [0.15, 0.2) is 30.6 Å². The molecule has 25 heavy (non-hydrogen) atoms. The van der Waals surface area contributed by atoms with Crippen molar-refractivity contribution in [2.24, 2.45) is 5.73 Å². The number of aromatic amines is 1. The van der Waals surface area contributed by atoms with E-state index in [0.29, 0.717) is 30.2 Å². The van der Waals surface area contributed by atoms with Gasteiger partial charge in [0.15, 0.2) is 0 Å². The summed E-state index contributed by atoms with van der Waals surface area (Å²) in [5.74, 6) is -0.167. The molecule has 0 aromatic carbocycles. The van der Waals surface area contributed by atoms with Crippen LogP contribution in [0.5, 0.6) is 0 Å². The highest BCUT2D eigenvalue weighted by Gasteiger charge is 2.23. The lowest BCUT2D eigenvalue weighted by molar-refractivity contribution is 0.0756. The Kier molecular flexibility index (Phi) is 4.87. The van der Waals surface area contributed by atoms with E-state index < -0.39 is 5.91 Å². The van der Waals surface area contributed by atoms with Crippen LogP contribution in [0.4, 0.5) is 11.5 Å². The standard InChI is InChI=1S/C17H22N6O2/c18-15-4-3-13(10-21-15)22-12-2-1-6-23(7-5-12)17(25)14-8-11(9-20-14)16(19)24/h3-4,8-10,12,20,22H,1-2,5-7H2,(H2,18,21)(H2,19,24). The summed E-state index contributed by atoms with van der Waals surface area (Å²) in [6, 6.07) is 5.44. The van der Waals surface area contributed by atoms with Crippen molar-refractivity contribution in [3.05, 3.63) is 41.9 Å². The van der Waals surface area contributed by atoms with Crippen molar-refractivity contribution in [1.82, 2.24) is 14.9 Å². The Morgan fingerprint density at radius 3 is 2.80 bits per heavy atom. The van der Waals surface area contributed by atoms with E-state index in [-0.39, 0.29) is 11.9 Å². The summed E-state index contributed by atoms with van der Waals surface area (Å²) in [4.78, 5) is 32.5. The minimum atomic E-state index is -0.549. The first-order chi connectivity index (χ1) is 12.0. The summed E-state index contributed by atoms with van der Waals surface area (Å²) in [7, 11) is 0. The van der Waals surface area contributed by atoms with Crippen LogP contribution in [-0.4, -0.2) is 45.8 Å². The van der Waals surface area contributed by atoms with E-state index in [2.05, 4.69) is 15.3 Å². The Hall–Kier alpha value is -3.03. The highest BCUT2D eigenvalue weighted by molar-refractivity contribution is 5.98. The SMILES string of the molecule is NC(=O)c1c[nH]c(C(=O)N2CCCC(Nc3ccc(N)nc3)CC2)c1. The minimum absolute atomic E-state index is 0.109. The Morgan fingerprint density at radius 2 is 2.12 bits per heavy atom. The molecule has 8 nitrogen and oxygen atoms in total. The first-order valence-corrected chi connectivity index (χ1v) is 8.28. The Bertz CT molecular complexity index is 755. The molecule has 0 radical (unpaired) electrons. The summed E-state index contributed by atoms with van der Waals surface area (Å²) < 4.78 is 0. The normalized spacial score (nSPS) is 17.8. The van der Waals surface area contributed by atoms with Crippen LogP contribution in [0.3, 0.4) is 0 Å². The predicted molar refractivity (Wildman–Crippen MR) is 95.1 cm³/mol. The molecule has 2 amide bonds. The lowest BCUT2D eigenvalue weighted by Gasteiger charge is -2.20. The predicted octanol–water partition coefficient (Wildman–Crippen LogP) is 1.20. The fourth-order valence-corrected chi connectivity index (χ4v) is 3.00. The largest absolute Gasteiger partial charge is 0.384 e. The fraction of sp³-hybridized carbons (Fsp3) is 0.353. The lowest BCUT2D eigenvalue weighted by Crippen LogP contribution is -2.33. The number of rotatable bonds is 4. The molecule has 1 aliphatic rings. The first kappa shape index (κ1) is 16.8. The number of pyridine rings is 1. The van der Waals surface area contributed by atoms with Crippen LogP contribution in [0.1, 0.15) is 40.1 Å². The zero-order chi connectivity index (χ0) is 17.8. The van der Waals surface area contributed by atoms with Gasteiger partial charge in [0.25, 0.3) is 5.91 Å². The van der Waals surface area contributed by atoms with Gasteiger partial charge in [-0.2, -0.15) is 0 Å². The van der Waals surface area contributed by atoms with Gasteiger partial charge in [-0.15, -0.1) is 0 Å². The summed E-state index contributed by atoms with van der Waals surface area (Å²) in [5.41, 5.74) is 12.5. The van der Waals surface area contributed by atoms with Gasteiger partial charge >= 0.3 is 0 Å². The van der Waals surface area contributed by atoms with E-state index in [4.69, 9.17) is 11.5 Å². The number of hydrogen-bond acceptors (Lipinski definition) is 5. The Morgan fingerprint density at radius 1 is 1.28 bits per heavy atom. The first-order valence-electron chi connectivity index (χ1n) is 8.28. The van der Waals surface area contributed by atoms with E-state index in [1.54, 1.807) is 17.2 Å². The minimum Gasteiger partial charge on any atom is -0.384 e. The maximum atomic E-state index is 12.6. The second-order valence-corrected chi connectivity index (χ2v) is 6.20. The second kappa shape index (κ2) is 7.25. The van der Waals surface area contributed by atoms with Gasteiger partial charge in [-0.3, -0.25) is 9.59 Å². The number of hydrogen-bond donors (Lipinski definition) is 4. The molecule has 1 atom stereocenters. The van der Waals surface area contributed by atoms with Crippen molar-refractivity contribution in [2.45, 2.75) is 25.3 Å². The number of nitrogens with one attached hydrogen (secondary N) is 2. The van der Waals surface area contributed by atoms with Crippen LogP contribution in [0.25, 0.3) is 0 Å². The maximum Gasteiger partial charge on any atom is 0.270 e. The van der Waals surface area contributed by atoms with Crippen molar-refractivity contribution in [3.8, 4) is 0 Å². The number of nitrogens with zero attached hydrogens (tertiary/aromatic N) is 2. The summed E-state index contributed by atoms with van der Waals surface area (Å²) in [6.07, 6.45) is 5.87. The number of likely N-dealkylation sites (tertiary alicyclic amines) is 1. The average Bonchev–Trinajstić information content (AvgIpc) is 2.98. The van der Waals surface area contributed by atoms with E-state index >= 15 is 0 Å². The number of carbonyl (C=O) groups is 2. The van der Waals surface area contributed by atoms with Gasteiger partial charge < -0.3 is 26.7 Å². The summed E-state index contributed by atoms with van der Waals surface area (Å²) >= 11 is 0. The highest BCUT2D eigenvalue weighted by atomic mass is 16.2. The molecular weight excluding hydrogens is 320 g/mol. The molecular formula is C17H22N6O2. The molecule has 2 aromatic rings. The third kappa shape index (κ3) is 4.09. The van der Waals surface area contributed by atoms with Crippen molar-refractivity contribution < 1.29 is 9.59 Å². The van der Waals surface area contributed by atoms with Gasteiger partial charge in [-0.1, -0.05) is 0 Å². The number of nitrogens with two attached hydrogens (primary N) is 2. The quantitative estimate of drug-likeness (QED) is 0.663. The number of primary amides is 1. The van der Waals surface area contributed by atoms with Crippen molar-refractivity contribution in [1.29, 1.82) is 0 Å². The van der Waals surface area contributed by atoms with Crippen LogP contribution in [-0.2, 0) is 0 Å². The number of aromatic nitrogens is 2. The number of anilines is 2. The van der Waals surface area contributed by atoms with Gasteiger partial charge in [0, 0.05) is 25.3 Å². The number of carbonyl (C=O) groups excluding carboxylic acids is 2. The molecule has 3 heterocycles. The molecule has 2 aromatic heterocycles. The third-order valence-electron chi connectivity index (χ3n) is 4.37. The van der Waals surface area contributed by atoms with Gasteiger partial charge in [0.05, 0.1) is 17.4 Å². The van der Waals surface area contributed by atoms with Gasteiger partial charge in [0.1, 0.15) is 11.5 Å². The zero-order valence-corrected chi connectivity index (χ0v) is 13.9. The molecule has 132 valence electrons. The van der Waals surface area contributed by atoms with Crippen molar-refractivity contribution in [2.75, 3.05) is 24.1 Å². The molecule has 0 spiro atoms. The number of H-pyrrole nitrogens is 1. The second-order valence-electron chi connectivity index (χ2n) is 6.20. The molecule has 6 N–H and O–H groups in total. The number of amides is 2. The van der Waals surface area contributed by atoms with E-state index in [1.807, 2.05) is 6.07 Å². The molecule has 1 fully saturated rings. The average molecular weight is 342 g/mol. The van der Waals surface area contributed by atoms with E-state index in [9.17, 15) is 9.59 Å². The molecule has 0 saturated carbocycles. The van der Waals surface area contributed by atoms with Crippen LogP contribution < -0.4 is 16.8 Å². The fourth-order valence-electron chi connectivity index (χ4n) is 3.00.